The molecule has 0 unspecified atom stereocenters. The van der Waals surface area contributed by atoms with Gasteiger partial charge in [0.2, 0.25) is 0 Å². The van der Waals surface area contributed by atoms with Crippen LogP contribution < -0.4 is 9.47 Å². The maximum absolute atomic E-state index is 12.2. The van der Waals surface area contributed by atoms with Crippen molar-refractivity contribution in [3.63, 3.8) is 0 Å². The van der Waals surface area contributed by atoms with E-state index in [4.69, 9.17) is 14.2 Å². The monoisotopic (exact) mass is 334 g/mol. The first-order chi connectivity index (χ1) is 11.4. The smallest absolute Gasteiger partial charge is 0.354 e. The predicted octanol–water partition coefficient (Wildman–Crippen LogP) is 3.07. The number of fused-ring (bicyclic) bond motifs is 1. The first-order valence-electron chi connectivity index (χ1n) is 8.18. The Balaban J connectivity index is 2.27. The van der Waals surface area contributed by atoms with Gasteiger partial charge in [-0.1, -0.05) is 0 Å². The maximum Gasteiger partial charge on any atom is 0.354 e. The molecule has 1 aromatic carbocycles. The maximum atomic E-state index is 12.2. The number of nitrogens with one attached hydrogen (secondary N) is 1. The predicted molar refractivity (Wildman–Crippen MR) is 94.1 cm³/mol. The molecule has 2 rings (SSSR count). The lowest BCUT2D eigenvalue weighted by atomic mass is 10.2. The topological polar surface area (TPSA) is 63.8 Å². The zero-order valence-corrected chi connectivity index (χ0v) is 15.0. The Hall–Kier alpha value is -2.21. The molecule has 0 radical (unpaired) electrons. The third kappa shape index (κ3) is 4.64. The molecule has 132 valence electrons. The van der Waals surface area contributed by atoms with Gasteiger partial charge in [0, 0.05) is 24.1 Å². The molecule has 1 aromatic heterocycles. The van der Waals surface area contributed by atoms with Crippen LogP contribution in [0.1, 0.15) is 31.3 Å². The SMILES string of the molecule is CCOc1cc(OC(C)C)cc2[nH]c(C(=O)OCCN(C)C)cc12. The average Bonchev–Trinajstić information content (AvgIpc) is 2.90. The minimum atomic E-state index is -0.373. The van der Waals surface area contributed by atoms with Crippen LogP contribution in [0, 0.1) is 0 Å². The Kier molecular flexibility index (Phi) is 6.09. The van der Waals surface area contributed by atoms with Gasteiger partial charge in [0.05, 0.1) is 18.2 Å². The second-order valence-corrected chi connectivity index (χ2v) is 6.10. The van der Waals surface area contributed by atoms with Crippen molar-refractivity contribution in [1.82, 2.24) is 9.88 Å². The van der Waals surface area contributed by atoms with Crippen molar-refractivity contribution >= 4 is 16.9 Å². The lowest BCUT2D eigenvalue weighted by Crippen LogP contribution is -2.20. The number of aromatic amines is 1. The molecule has 0 aliphatic rings. The van der Waals surface area contributed by atoms with Gasteiger partial charge in [-0.25, -0.2) is 4.79 Å². The average molecular weight is 334 g/mol. The second-order valence-electron chi connectivity index (χ2n) is 6.10. The lowest BCUT2D eigenvalue weighted by molar-refractivity contribution is 0.0476. The summed E-state index contributed by atoms with van der Waals surface area (Å²) in [6.45, 7) is 7.42. The summed E-state index contributed by atoms with van der Waals surface area (Å²) in [5, 5.41) is 0.840. The first-order valence-corrected chi connectivity index (χ1v) is 8.18. The number of nitrogens with zero attached hydrogens (tertiary/aromatic N) is 1. The zero-order chi connectivity index (χ0) is 17.7. The van der Waals surface area contributed by atoms with Crippen LogP contribution in [0.4, 0.5) is 0 Å². The van der Waals surface area contributed by atoms with Crippen molar-refractivity contribution in [3.8, 4) is 11.5 Å². The van der Waals surface area contributed by atoms with Gasteiger partial charge in [-0.2, -0.15) is 0 Å². The van der Waals surface area contributed by atoms with Crippen molar-refractivity contribution in [3.05, 3.63) is 23.9 Å². The van der Waals surface area contributed by atoms with Crippen LogP contribution in [-0.2, 0) is 4.74 Å². The van der Waals surface area contributed by atoms with Crippen molar-refractivity contribution < 1.29 is 19.0 Å². The largest absolute Gasteiger partial charge is 0.493 e. The molecule has 0 fully saturated rings. The summed E-state index contributed by atoms with van der Waals surface area (Å²) in [4.78, 5) is 17.2. The van der Waals surface area contributed by atoms with Crippen LogP contribution in [0.5, 0.6) is 11.5 Å². The molecule has 6 heteroatoms. The number of H-pyrrole nitrogens is 1. The number of rotatable bonds is 8. The number of carbonyl (C=O) groups is 1. The highest BCUT2D eigenvalue weighted by molar-refractivity contribution is 5.97. The molecule has 6 nitrogen and oxygen atoms in total. The molecule has 2 aromatic rings. The van der Waals surface area contributed by atoms with E-state index in [2.05, 4.69) is 4.98 Å². The number of benzene rings is 1. The minimum Gasteiger partial charge on any atom is -0.493 e. The molecule has 1 N–H and O–H groups in total. The molecular weight excluding hydrogens is 308 g/mol. The first kappa shape index (κ1) is 18.1. The van der Waals surface area contributed by atoms with Crippen LogP contribution in [0.3, 0.4) is 0 Å². The summed E-state index contributed by atoms with van der Waals surface area (Å²) >= 11 is 0. The highest BCUT2D eigenvalue weighted by Crippen LogP contribution is 2.32. The Morgan fingerprint density at radius 1 is 1.25 bits per heavy atom. The van der Waals surface area contributed by atoms with Gasteiger partial charge in [-0.15, -0.1) is 0 Å². The van der Waals surface area contributed by atoms with Crippen LogP contribution >= 0.6 is 0 Å². The van der Waals surface area contributed by atoms with E-state index >= 15 is 0 Å². The van der Waals surface area contributed by atoms with E-state index in [9.17, 15) is 4.79 Å². The van der Waals surface area contributed by atoms with Crippen LogP contribution in [0.2, 0.25) is 0 Å². The normalized spacial score (nSPS) is 11.3. The van der Waals surface area contributed by atoms with E-state index in [-0.39, 0.29) is 12.1 Å². The van der Waals surface area contributed by atoms with Crippen LogP contribution in [-0.4, -0.2) is 55.8 Å². The van der Waals surface area contributed by atoms with Crippen molar-refractivity contribution in [2.75, 3.05) is 33.9 Å². The minimum absolute atomic E-state index is 0.0577. The standard InChI is InChI=1S/C18H26N2O4/c1-6-22-17-10-13(24-12(2)3)9-15-14(17)11-16(19-15)18(21)23-8-7-20(4)5/h9-12,19H,6-8H2,1-5H3. The van der Waals surface area contributed by atoms with Gasteiger partial charge >= 0.3 is 5.97 Å². The Morgan fingerprint density at radius 2 is 2.00 bits per heavy atom. The van der Waals surface area contributed by atoms with Crippen LogP contribution in [0.25, 0.3) is 10.9 Å². The van der Waals surface area contributed by atoms with Gasteiger partial charge in [-0.3, -0.25) is 0 Å². The van der Waals surface area contributed by atoms with E-state index in [1.807, 2.05) is 51.9 Å². The van der Waals surface area contributed by atoms with E-state index in [1.165, 1.54) is 0 Å². The number of carbonyl (C=O) groups excluding carboxylic acids is 1. The molecular formula is C18H26N2O4. The van der Waals surface area contributed by atoms with Crippen molar-refractivity contribution in [2.24, 2.45) is 0 Å². The van der Waals surface area contributed by atoms with E-state index in [0.29, 0.717) is 37.0 Å². The van der Waals surface area contributed by atoms with E-state index in [0.717, 1.165) is 10.9 Å². The fourth-order valence-electron chi connectivity index (χ4n) is 2.30. The molecule has 0 aliphatic carbocycles. The third-order valence-electron chi connectivity index (χ3n) is 3.34. The molecule has 0 atom stereocenters. The third-order valence-corrected chi connectivity index (χ3v) is 3.34. The van der Waals surface area contributed by atoms with Gasteiger partial charge in [0.15, 0.2) is 0 Å². The lowest BCUT2D eigenvalue weighted by Gasteiger charge is -2.12. The summed E-state index contributed by atoms with van der Waals surface area (Å²) in [6, 6.07) is 5.48. The molecule has 0 amide bonds. The quantitative estimate of drug-likeness (QED) is 0.752. The summed E-state index contributed by atoms with van der Waals surface area (Å²) in [5.74, 6) is 1.02. The molecule has 24 heavy (non-hydrogen) atoms. The van der Waals surface area contributed by atoms with Gasteiger partial charge in [0.1, 0.15) is 23.8 Å². The summed E-state index contributed by atoms with van der Waals surface area (Å²) in [7, 11) is 3.86. The second kappa shape index (κ2) is 8.06. The molecule has 0 aliphatic heterocycles. The Labute approximate surface area is 142 Å². The molecule has 1 heterocycles. The molecule has 0 saturated heterocycles. The van der Waals surface area contributed by atoms with Gasteiger partial charge < -0.3 is 24.1 Å². The zero-order valence-electron chi connectivity index (χ0n) is 15.0. The number of hydrogen-bond acceptors (Lipinski definition) is 5. The fraction of sp³-hybridized carbons (Fsp3) is 0.500. The van der Waals surface area contributed by atoms with Gasteiger partial charge in [-0.05, 0) is 40.9 Å². The molecule has 0 spiro atoms. The number of likely N-dealkylation sites (N-methyl/N-ethyl adjacent to an activating group) is 1. The Bertz CT molecular complexity index is 692. The molecule has 0 bridgehead atoms. The highest BCUT2D eigenvalue weighted by atomic mass is 16.5. The summed E-state index contributed by atoms with van der Waals surface area (Å²) in [5.41, 5.74) is 1.20. The fourth-order valence-corrected chi connectivity index (χ4v) is 2.30. The van der Waals surface area contributed by atoms with E-state index in [1.54, 1.807) is 6.07 Å². The van der Waals surface area contributed by atoms with E-state index < -0.39 is 0 Å². The number of aromatic nitrogens is 1. The molecule has 0 saturated carbocycles. The van der Waals surface area contributed by atoms with Crippen molar-refractivity contribution in [1.29, 1.82) is 0 Å². The number of ether oxygens (including phenoxy) is 3. The number of hydrogen-bond donors (Lipinski definition) is 1. The van der Waals surface area contributed by atoms with Gasteiger partial charge in [0.25, 0.3) is 0 Å². The summed E-state index contributed by atoms with van der Waals surface area (Å²) in [6.07, 6.45) is 0.0577. The van der Waals surface area contributed by atoms with Crippen molar-refractivity contribution in [2.45, 2.75) is 26.9 Å². The number of esters is 1. The van der Waals surface area contributed by atoms with Crippen LogP contribution in [0.15, 0.2) is 18.2 Å². The summed E-state index contributed by atoms with van der Waals surface area (Å²) < 4.78 is 16.7. The highest BCUT2D eigenvalue weighted by Gasteiger charge is 2.15. The Morgan fingerprint density at radius 3 is 2.62 bits per heavy atom.